The van der Waals surface area contributed by atoms with Crippen molar-refractivity contribution in [3.8, 4) is 0 Å². The van der Waals surface area contributed by atoms with Crippen LogP contribution in [0, 0.1) is 5.92 Å². The molecule has 0 radical (unpaired) electrons. The molecule has 3 aliphatic heterocycles. The van der Waals surface area contributed by atoms with Crippen molar-refractivity contribution >= 4 is 0 Å². The molecule has 5 rings (SSSR count). The van der Waals surface area contributed by atoms with E-state index in [2.05, 4.69) is 22.5 Å². The molecule has 30 heavy (non-hydrogen) atoms. The zero-order valence-corrected chi connectivity index (χ0v) is 17.7. The van der Waals surface area contributed by atoms with E-state index in [1.54, 1.807) is 0 Å². The summed E-state index contributed by atoms with van der Waals surface area (Å²) in [4.78, 5) is 2.16. The normalized spacial score (nSPS) is 39.4. The Balaban J connectivity index is 1.29. The van der Waals surface area contributed by atoms with E-state index in [9.17, 15) is 15.3 Å². The van der Waals surface area contributed by atoms with Gasteiger partial charge < -0.3 is 25.4 Å². The molecule has 0 aromatic heterocycles. The molecule has 0 bridgehead atoms. The van der Waals surface area contributed by atoms with Crippen LogP contribution in [0.1, 0.15) is 55.4 Å². The molecule has 3 fully saturated rings. The van der Waals surface area contributed by atoms with Crippen LogP contribution in [0.15, 0.2) is 18.2 Å². The number of hydrogen-bond donors (Lipinski definition) is 5. The van der Waals surface area contributed by atoms with Crippen LogP contribution in [0.4, 0.5) is 0 Å². The van der Waals surface area contributed by atoms with Crippen LogP contribution < -0.4 is 10.6 Å². The van der Waals surface area contributed by atoms with Crippen molar-refractivity contribution in [3.63, 3.8) is 0 Å². The molecule has 3 unspecified atom stereocenters. The van der Waals surface area contributed by atoms with E-state index in [4.69, 9.17) is 4.74 Å². The number of aryl methyl sites for hydroxylation is 2. The number of aliphatic hydroxyl groups is 3. The Labute approximate surface area is 178 Å². The third-order valence-corrected chi connectivity index (χ3v) is 7.69. The second-order valence-electron chi connectivity index (χ2n) is 9.41. The van der Waals surface area contributed by atoms with E-state index in [0.717, 1.165) is 44.5 Å². The summed E-state index contributed by atoms with van der Waals surface area (Å²) in [6.07, 6.45) is 2.26. The Morgan fingerprint density at radius 3 is 2.73 bits per heavy atom. The van der Waals surface area contributed by atoms with Gasteiger partial charge >= 0.3 is 0 Å². The molecule has 7 nitrogen and oxygen atoms in total. The Morgan fingerprint density at radius 1 is 1.17 bits per heavy atom. The molecule has 1 aliphatic carbocycles. The van der Waals surface area contributed by atoms with E-state index in [-0.39, 0.29) is 6.17 Å². The first-order valence-corrected chi connectivity index (χ1v) is 11.6. The van der Waals surface area contributed by atoms with Gasteiger partial charge in [0.25, 0.3) is 0 Å². The maximum atomic E-state index is 10.9. The van der Waals surface area contributed by atoms with Crippen molar-refractivity contribution in [1.82, 2.24) is 15.5 Å². The Kier molecular flexibility index (Phi) is 5.88. The van der Waals surface area contributed by atoms with Crippen molar-refractivity contribution in [2.45, 2.75) is 88.3 Å². The summed E-state index contributed by atoms with van der Waals surface area (Å²) in [5.41, 5.74) is 3.34. The molecule has 1 aromatic rings. The zero-order valence-electron chi connectivity index (χ0n) is 17.7. The quantitative estimate of drug-likeness (QED) is 0.463. The van der Waals surface area contributed by atoms with Gasteiger partial charge in [0.05, 0.1) is 6.17 Å². The van der Waals surface area contributed by atoms with Crippen molar-refractivity contribution in [1.29, 1.82) is 0 Å². The number of aliphatic hydroxyl groups excluding tert-OH is 3. The van der Waals surface area contributed by atoms with Crippen molar-refractivity contribution < 1.29 is 20.1 Å². The molecule has 5 N–H and O–H groups in total. The zero-order chi connectivity index (χ0) is 20.8. The van der Waals surface area contributed by atoms with Crippen LogP contribution in [-0.4, -0.2) is 70.2 Å². The first-order valence-electron chi connectivity index (χ1n) is 11.6. The number of benzene rings is 1. The summed E-state index contributed by atoms with van der Waals surface area (Å²) in [7, 11) is 0. The average molecular weight is 418 g/mol. The lowest BCUT2D eigenvalue weighted by Crippen LogP contribution is -2.62. The van der Waals surface area contributed by atoms with E-state index >= 15 is 0 Å². The third kappa shape index (κ3) is 3.50. The summed E-state index contributed by atoms with van der Waals surface area (Å²) in [6.45, 7) is 3.76. The van der Waals surface area contributed by atoms with E-state index in [1.165, 1.54) is 24.0 Å². The molecular formula is C23H35N3O4. The lowest BCUT2D eigenvalue weighted by atomic mass is 9.85. The molecule has 7 heteroatoms. The van der Waals surface area contributed by atoms with Gasteiger partial charge in [-0.2, -0.15) is 0 Å². The number of rotatable bonds is 6. The summed E-state index contributed by atoms with van der Waals surface area (Å²) < 4.78 is 6.16. The minimum atomic E-state index is -1.12. The van der Waals surface area contributed by atoms with Crippen LogP contribution >= 0.6 is 0 Å². The van der Waals surface area contributed by atoms with Gasteiger partial charge in [0.1, 0.15) is 30.6 Å². The Hall–Kier alpha value is -1.06. The fraction of sp³-hybridized carbons (Fsp3) is 0.739. The molecular weight excluding hydrogens is 382 g/mol. The summed E-state index contributed by atoms with van der Waals surface area (Å²) >= 11 is 0. The van der Waals surface area contributed by atoms with Gasteiger partial charge in [-0.1, -0.05) is 38.0 Å². The SMILES string of the molecule is CCCCC1NCNC2C1CCN2[C@@H]1O[C@H]([C@H](O)c2ccc3c(c2)CC3)[C@@H](O)[C@H]1O. The molecule has 0 saturated carbocycles. The first kappa shape index (κ1) is 20.8. The molecule has 3 saturated heterocycles. The first-order chi connectivity index (χ1) is 14.6. The topological polar surface area (TPSA) is 97.2 Å². The number of unbranched alkanes of at least 4 members (excludes halogenated alkanes) is 1. The highest BCUT2D eigenvalue weighted by Gasteiger charge is 2.53. The Morgan fingerprint density at radius 2 is 2.00 bits per heavy atom. The highest BCUT2D eigenvalue weighted by atomic mass is 16.6. The molecule has 3 heterocycles. The molecule has 0 spiro atoms. The van der Waals surface area contributed by atoms with Gasteiger partial charge in [0, 0.05) is 25.2 Å². The number of hydrogen-bond acceptors (Lipinski definition) is 7. The summed E-state index contributed by atoms with van der Waals surface area (Å²) in [5.74, 6) is 0.454. The fourth-order valence-corrected chi connectivity index (χ4v) is 5.81. The van der Waals surface area contributed by atoms with E-state index in [1.807, 2.05) is 18.2 Å². The minimum absolute atomic E-state index is 0.118. The number of ether oxygens (including phenoxy) is 1. The highest BCUT2D eigenvalue weighted by Crippen LogP contribution is 2.39. The number of fused-ring (bicyclic) bond motifs is 2. The van der Waals surface area contributed by atoms with Crippen LogP contribution in [0.3, 0.4) is 0 Å². The second kappa shape index (κ2) is 8.47. The lowest BCUT2D eigenvalue weighted by Gasteiger charge is -2.41. The van der Waals surface area contributed by atoms with Crippen molar-refractivity contribution in [2.75, 3.05) is 13.2 Å². The largest absolute Gasteiger partial charge is 0.387 e. The van der Waals surface area contributed by atoms with Crippen LogP contribution in [0.25, 0.3) is 0 Å². The lowest BCUT2D eigenvalue weighted by molar-refractivity contribution is -0.128. The third-order valence-electron chi connectivity index (χ3n) is 7.69. The van der Waals surface area contributed by atoms with Crippen LogP contribution in [-0.2, 0) is 17.6 Å². The van der Waals surface area contributed by atoms with Gasteiger partial charge in [-0.25, -0.2) is 0 Å². The molecule has 4 aliphatic rings. The Bertz CT molecular complexity index is 762. The number of likely N-dealkylation sites (tertiary alicyclic amines) is 1. The van der Waals surface area contributed by atoms with Crippen LogP contribution in [0.5, 0.6) is 0 Å². The maximum absolute atomic E-state index is 10.9. The van der Waals surface area contributed by atoms with Gasteiger partial charge in [-0.3, -0.25) is 10.2 Å². The summed E-state index contributed by atoms with van der Waals surface area (Å²) in [6, 6.07) is 6.44. The number of nitrogens with one attached hydrogen (secondary N) is 2. The molecule has 8 atom stereocenters. The average Bonchev–Trinajstić information content (AvgIpc) is 3.29. The van der Waals surface area contributed by atoms with Gasteiger partial charge in [0.2, 0.25) is 0 Å². The predicted octanol–water partition coefficient (Wildman–Crippen LogP) is 0.622. The highest BCUT2D eigenvalue weighted by molar-refractivity contribution is 5.39. The molecule has 166 valence electrons. The van der Waals surface area contributed by atoms with E-state index < -0.39 is 30.6 Å². The molecule has 1 aromatic carbocycles. The molecule has 0 amide bonds. The standard InChI is InChI=1S/C23H35N3O4/c1-2-3-4-17-16-9-10-26(22(16)25-12-24-17)23-20(29)19(28)21(30-23)18(27)15-8-6-13-5-7-14(13)11-15/h6,8,11,16-25,27-29H,2-5,7,9-10,12H2,1H3/t16?,17?,18-,19+,20-,21-,22?,23-/m1/s1. The van der Waals surface area contributed by atoms with Crippen molar-refractivity contribution in [3.05, 3.63) is 34.9 Å². The smallest absolute Gasteiger partial charge is 0.141 e. The van der Waals surface area contributed by atoms with E-state index in [0.29, 0.717) is 12.0 Å². The van der Waals surface area contributed by atoms with Crippen molar-refractivity contribution in [2.24, 2.45) is 5.92 Å². The second-order valence-corrected chi connectivity index (χ2v) is 9.41. The van der Waals surface area contributed by atoms with Gasteiger partial charge in [-0.05, 0) is 42.4 Å². The minimum Gasteiger partial charge on any atom is -0.387 e. The number of nitrogens with zero attached hydrogens (tertiary/aromatic N) is 1. The maximum Gasteiger partial charge on any atom is 0.141 e. The van der Waals surface area contributed by atoms with Crippen LogP contribution in [0.2, 0.25) is 0 Å². The monoisotopic (exact) mass is 417 g/mol. The summed E-state index contributed by atoms with van der Waals surface area (Å²) in [5, 5.41) is 39.6. The fourth-order valence-electron chi connectivity index (χ4n) is 5.81. The van der Waals surface area contributed by atoms with Gasteiger partial charge in [-0.15, -0.1) is 0 Å². The van der Waals surface area contributed by atoms with Gasteiger partial charge in [0.15, 0.2) is 0 Å². The predicted molar refractivity (Wildman–Crippen MR) is 113 cm³/mol.